The maximum Gasteiger partial charge on any atom is 0.168 e. The maximum absolute atomic E-state index is 12.8. The van der Waals surface area contributed by atoms with Crippen LogP contribution in [0.3, 0.4) is 0 Å². The molecule has 0 aliphatic heterocycles. The van der Waals surface area contributed by atoms with Crippen LogP contribution < -0.4 is 0 Å². The van der Waals surface area contributed by atoms with Crippen LogP contribution in [0, 0.1) is 5.82 Å². The molecule has 0 saturated carbocycles. The summed E-state index contributed by atoms with van der Waals surface area (Å²) in [7, 11) is 0. The fourth-order valence-electron chi connectivity index (χ4n) is 1.25. The second-order valence-corrected chi connectivity index (χ2v) is 4.05. The molecule has 2 nitrogen and oxygen atoms in total. The van der Waals surface area contributed by atoms with Crippen LogP contribution in [0.5, 0.6) is 0 Å². The molecule has 1 aromatic carbocycles. The van der Waals surface area contributed by atoms with E-state index in [-0.39, 0.29) is 18.0 Å². The van der Waals surface area contributed by atoms with Crippen molar-refractivity contribution in [3.8, 4) is 0 Å². The normalized spacial score (nSPS) is 10.2. The van der Waals surface area contributed by atoms with Crippen molar-refractivity contribution in [1.29, 1.82) is 0 Å². The molecular weight excluding hydrogens is 213 g/mol. The molecule has 0 unspecified atom stereocenters. The summed E-state index contributed by atoms with van der Waals surface area (Å²) in [5, 5.41) is 0. The molecule has 0 N–H and O–H groups in total. The molecule has 0 spiro atoms. The zero-order valence-electron chi connectivity index (χ0n) is 7.81. The second kappa shape index (κ2) is 4.31. The molecule has 0 aliphatic carbocycles. The molecule has 15 heavy (non-hydrogen) atoms. The average Bonchev–Trinajstić information content (AvgIpc) is 2.70. The van der Waals surface area contributed by atoms with E-state index in [0.717, 1.165) is 4.88 Å². The minimum atomic E-state index is -0.384. The third-order valence-corrected chi connectivity index (χ3v) is 2.74. The van der Waals surface area contributed by atoms with Crippen molar-refractivity contribution in [3.05, 3.63) is 52.2 Å². The van der Waals surface area contributed by atoms with Crippen molar-refractivity contribution < 1.29 is 9.18 Å². The van der Waals surface area contributed by atoms with E-state index in [1.54, 1.807) is 17.8 Å². The molecule has 76 valence electrons. The SMILES string of the molecule is O=C(Cc1cncs1)c1cccc(F)c1. The quantitative estimate of drug-likeness (QED) is 0.746. The van der Waals surface area contributed by atoms with E-state index in [2.05, 4.69) is 4.98 Å². The van der Waals surface area contributed by atoms with Crippen LogP contribution in [0.2, 0.25) is 0 Å². The van der Waals surface area contributed by atoms with Crippen LogP contribution in [0.4, 0.5) is 4.39 Å². The van der Waals surface area contributed by atoms with E-state index in [0.29, 0.717) is 5.56 Å². The summed E-state index contributed by atoms with van der Waals surface area (Å²) in [4.78, 5) is 16.4. The Morgan fingerprint density at radius 3 is 3.00 bits per heavy atom. The Balaban J connectivity index is 2.15. The highest BCUT2D eigenvalue weighted by Crippen LogP contribution is 2.11. The van der Waals surface area contributed by atoms with Crippen LogP contribution in [0.25, 0.3) is 0 Å². The first-order valence-electron chi connectivity index (χ1n) is 4.42. The third-order valence-electron chi connectivity index (χ3n) is 1.96. The summed E-state index contributed by atoms with van der Waals surface area (Å²) in [5.41, 5.74) is 2.08. The molecule has 0 radical (unpaired) electrons. The molecule has 2 rings (SSSR count). The van der Waals surface area contributed by atoms with Crippen LogP contribution in [-0.2, 0) is 6.42 Å². The van der Waals surface area contributed by atoms with Gasteiger partial charge in [-0.3, -0.25) is 9.78 Å². The number of carbonyl (C=O) groups is 1. The van der Waals surface area contributed by atoms with Gasteiger partial charge in [0.25, 0.3) is 0 Å². The predicted molar refractivity (Wildman–Crippen MR) is 56.5 cm³/mol. The van der Waals surface area contributed by atoms with Crippen LogP contribution in [0.1, 0.15) is 15.2 Å². The number of Topliss-reactive ketones (excluding diaryl/α,β-unsaturated/α-hetero) is 1. The highest BCUT2D eigenvalue weighted by molar-refractivity contribution is 7.09. The van der Waals surface area contributed by atoms with Gasteiger partial charge in [-0.25, -0.2) is 4.39 Å². The average molecular weight is 221 g/mol. The largest absolute Gasteiger partial charge is 0.294 e. The number of halogens is 1. The van der Waals surface area contributed by atoms with Crippen LogP contribution in [-0.4, -0.2) is 10.8 Å². The third kappa shape index (κ3) is 2.47. The summed E-state index contributed by atoms with van der Waals surface area (Å²) in [5.74, 6) is -0.469. The molecule has 2 aromatic rings. The molecule has 0 amide bonds. The summed E-state index contributed by atoms with van der Waals surface area (Å²) in [6, 6.07) is 5.73. The number of hydrogen-bond donors (Lipinski definition) is 0. The van der Waals surface area contributed by atoms with Crippen LogP contribution in [0.15, 0.2) is 36.0 Å². The minimum absolute atomic E-state index is 0.0845. The fraction of sp³-hybridized carbons (Fsp3) is 0.0909. The van der Waals surface area contributed by atoms with E-state index < -0.39 is 0 Å². The molecule has 0 bridgehead atoms. The van der Waals surface area contributed by atoms with E-state index in [1.165, 1.54) is 29.5 Å². The van der Waals surface area contributed by atoms with Gasteiger partial charge in [0.2, 0.25) is 0 Å². The van der Waals surface area contributed by atoms with Gasteiger partial charge in [0.15, 0.2) is 5.78 Å². The standard InChI is InChI=1S/C11H8FNOS/c12-9-3-1-2-8(4-9)11(14)5-10-6-13-7-15-10/h1-4,6-7H,5H2. The van der Waals surface area contributed by atoms with E-state index >= 15 is 0 Å². The predicted octanol–water partition coefficient (Wildman–Crippen LogP) is 2.71. The molecule has 1 aromatic heterocycles. The van der Waals surface area contributed by atoms with Crippen molar-refractivity contribution in [2.24, 2.45) is 0 Å². The number of ketones is 1. The Bertz CT molecular complexity index is 467. The van der Waals surface area contributed by atoms with Gasteiger partial charge in [-0.05, 0) is 12.1 Å². The first kappa shape index (κ1) is 9.98. The molecule has 4 heteroatoms. The molecule has 0 saturated heterocycles. The van der Waals surface area contributed by atoms with Gasteiger partial charge >= 0.3 is 0 Å². The van der Waals surface area contributed by atoms with Crippen molar-refractivity contribution in [1.82, 2.24) is 4.98 Å². The number of hydrogen-bond acceptors (Lipinski definition) is 3. The Labute approximate surface area is 90.4 Å². The summed E-state index contributed by atoms with van der Waals surface area (Å²) in [6.45, 7) is 0. The number of aromatic nitrogens is 1. The molecule has 0 aliphatic rings. The zero-order chi connectivity index (χ0) is 10.7. The van der Waals surface area contributed by atoms with Crippen molar-refractivity contribution in [2.75, 3.05) is 0 Å². The van der Waals surface area contributed by atoms with Crippen molar-refractivity contribution in [2.45, 2.75) is 6.42 Å². The summed E-state index contributed by atoms with van der Waals surface area (Å²) >= 11 is 1.42. The van der Waals surface area contributed by atoms with Gasteiger partial charge in [0, 0.05) is 23.1 Å². The zero-order valence-corrected chi connectivity index (χ0v) is 8.63. The lowest BCUT2D eigenvalue weighted by molar-refractivity contribution is 0.0993. The smallest absolute Gasteiger partial charge is 0.168 e. The Hall–Kier alpha value is -1.55. The van der Waals surface area contributed by atoms with Gasteiger partial charge in [-0.1, -0.05) is 12.1 Å². The number of benzene rings is 1. The number of thiazole rings is 1. The monoisotopic (exact) mass is 221 g/mol. The van der Waals surface area contributed by atoms with Crippen LogP contribution >= 0.6 is 11.3 Å². The minimum Gasteiger partial charge on any atom is -0.294 e. The summed E-state index contributed by atoms with van der Waals surface area (Å²) < 4.78 is 12.8. The van der Waals surface area contributed by atoms with Crippen molar-refractivity contribution in [3.63, 3.8) is 0 Å². The highest BCUT2D eigenvalue weighted by atomic mass is 32.1. The van der Waals surface area contributed by atoms with Gasteiger partial charge in [0.05, 0.1) is 5.51 Å². The van der Waals surface area contributed by atoms with E-state index in [9.17, 15) is 9.18 Å². The Morgan fingerprint density at radius 1 is 1.47 bits per heavy atom. The number of nitrogens with zero attached hydrogens (tertiary/aromatic N) is 1. The lowest BCUT2D eigenvalue weighted by Crippen LogP contribution is -2.02. The maximum atomic E-state index is 12.8. The Kier molecular flexibility index (Phi) is 2.87. The first-order valence-corrected chi connectivity index (χ1v) is 5.30. The van der Waals surface area contributed by atoms with Gasteiger partial charge in [-0.15, -0.1) is 11.3 Å². The van der Waals surface area contributed by atoms with Crippen molar-refractivity contribution >= 4 is 17.1 Å². The highest BCUT2D eigenvalue weighted by Gasteiger charge is 2.08. The van der Waals surface area contributed by atoms with Gasteiger partial charge in [0.1, 0.15) is 5.82 Å². The fourth-order valence-corrected chi connectivity index (χ4v) is 1.84. The number of carbonyl (C=O) groups excluding carboxylic acids is 1. The van der Waals surface area contributed by atoms with Gasteiger partial charge < -0.3 is 0 Å². The number of rotatable bonds is 3. The molecular formula is C11H8FNOS. The lowest BCUT2D eigenvalue weighted by atomic mass is 10.1. The molecule has 1 heterocycles. The molecule has 0 fully saturated rings. The van der Waals surface area contributed by atoms with E-state index in [1.807, 2.05) is 0 Å². The Morgan fingerprint density at radius 2 is 2.33 bits per heavy atom. The van der Waals surface area contributed by atoms with Gasteiger partial charge in [-0.2, -0.15) is 0 Å². The first-order chi connectivity index (χ1) is 7.25. The molecule has 0 atom stereocenters. The summed E-state index contributed by atoms with van der Waals surface area (Å²) in [6.07, 6.45) is 1.94. The topological polar surface area (TPSA) is 30.0 Å². The van der Waals surface area contributed by atoms with E-state index in [4.69, 9.17) is 0 Å². The lowest BCUT2D eigenvalue weighted by Gasteiger charge is -1.98. The second-order valence-electron chi connectivity index (χ2n) is 3.08.